The van der Waals surface area contributed by atoms with E-state index in [1.165, 1.54) is 25.7 Å². The first kappa shape index (κ1) is 8.59. The van der Waals surface area contributed by atoms with Gasteiger partial charge in [-0.1, -0.05) is 33.6 Å². The molecule has 0 nitrogen and oxygen atoms in total. The Hall–Kier alpha value is 0. The number of hydrogen-bond acceptors (Lipinski definition) is 0. The summed E-state index contributed by atoms with van der Waals surface area (Å²) in [6, 6.07) is 0. The molecule has 0 radical (unpaired) electrons. The topological polar surface area (TPSA) is 0 Å². The Morgan fingerprint density at radius 3 is 2.00 bits per heavy atom. The van der Waals surface area contributed by atoms with Gasteiger partial charge in [-0.3, -0.25) is 0 Å². The molecule has 0 bridgehead atoms. The van der Waals surface area contributed by atoms with Crippen molar-refractivity contribution in [2.45, 2.75) is 46.5 Å². The Morgan fingerprint density at radius 2 is 1.25 bits per heavy atom. The van der Waals surface area contributed by atoms with Crippen molar-refractivity contribution in [3.63, 3.8) is 0 Å². The van der Waals surface area contributed by atoms with E-state index in [0.29, 0.717) is 0 Å². The van der Waals surface area contributed by atoms with Gasteiger partial charge in [0, 0.05) is 0 Å². The molecule has 2 rings (SSSR count). The maximum Gasteiger partial charge on any atom is -0.0355 e. The third kappa shape index (κ3) is 1.20. The van der Waals surface area contributed by atoms with E-state index in [0.717, 1.165) is 29.6 Å². The van der Waals surface area contributed by atoms with Crippen molar-refractivity contribution < 1.29 is 0 Å². The zero-order chi connectivity index (χ0) is 8.72. The first-order valence-corrected chi connectivity index (χ1v) is 5.70. The molecule has 0 saturated heterocycles. The van der Waals surface area contributed by atoms with Crippen LogP contribution in [0.2, 0.25) is 0 Å². The van der Waals surface area contributed by atoms with Gasteiger partial charge >= 0.3 is 0 Å². The fourth-order valence-corrected chi connectivity index (χ4v) is 3.60. The van der Waals surface area contributed by atoms with Crippen LogP contribution in [0.1, 0.15) is 46.5 Å². The second-order valence-electron chi connectivity index (χ2n) is 5.30. The molecular weight excluding hydrogens is 144 g/mol. The molecule has 0 heteroatoms. The molecule has 0 amide bonds. The van der Waals surface area contributed by atoms with E-state index in [9.17, 15) is 0 Å². The van der Waals surface area contributed by atoms with Crippen LogP contribution in [0.25, 0.3) is 0 Å². The zero-order valence-corrected chi connectivity index (χ0v) is 8.72. The Bertz CT molecular complexity index is 161. The van der Waals surface area contributed by atoms with Crippen molar-refractivity contribution in [1.29, 1.82) is 0 Å². The summed E-state index contributed by atoms with van der Waals surface area (Å²) in [6.45, 7) is 7.40. The summed E-state index contributed by atoms with van der Waals surface area (Å²) < 4.78 is 0. The van der Waals surface area contributed by atoms with Gasteiger partial charge in [0.1, 0.15) is 0 Å². The molecule has 0 spiro atoms. The SMILES string of the molecule is CC1CCC2C(C)CCC2C1C. The Morgan fingerprint density at radius 1 is 0.667 bits per heavy atom. The van der Waals surface area contributed by atoms with E-state index in [1.807, 2.05) is 0 Å². The van der Waals surface area contributed by atoms with Crippen LogP contribution in [0.15, 0.2) is 0 Å². The Balaban J connectivity index is 2.09. The molecule has 0 N–H and O–H groups in total. The summed E-state index contributed by atoms with van der Waals surface area (Å²) in [5.74, 6) is 5.22. The summed E-state index contributed by atoms with van der Waals surface area (Å²) in [4.78, 5) is 0. The highest BCUT2D eigenvalue weighted by molar-refractivity contribution is 4.90. The van der Waals surface area contributed by atoms with Crippen LogP contribution in [0.3, 0.4) is 0 Å². The van der Waals surface area contributed by atoms with Gasteiger partial charge in [0.2, 0.25) is 0 Å². The summed E-state index contributed by atoms with van der Waals surface area (Å²) in [6.07, 6.45) is 6.05. The Kier molecular flexibility index (Phi) is 2.18. The lowest BCUT2D eigenvalue weighted by Crippen LogP contribution is -2.30. The molecule has 2 fully saturated rings. The van der Waals surface area contributed by atoms with Gasteiger partial charge in [-0.05, 0) is 42.4 Å². The quantitative estimate of drug-likeness (QED) is 0.514. The van der Waals surface area contributed by atoms with Crippen molar-refractivity contribution >= 4 is 0 Å². The molecule has 0 heterocycles. The maximum atomic E-state index is 2.49. The van der Waals surface area contributed by atoms with E-state index in [2.05, 4.69) is 20.8 Å². The van der Waals surface area contributed by atoms with Gasteiger partial charge in [0.05, 0.1) is 0 Å². The van der Waals surface area contributed by atoms with Crippen molar-refractivity contribution in [2.75, 3.05) is 0 Å². The standard InChI is InChI=1S/C12H22/c1-8-4-6-11-9(2)5-7-12(11)10(8)3/h8-12H,4-7H2,1-3H3. The molecule has 0 aromatic heterocycles. The normalized spacial score (nSPS) is 53.8. The third-order valence-electron chi connectivity index (χ3n) is 4.76. The highest BCUT2D eigenvalue weighted by Gasteiger charge is 2.40. The maximum absolute atomic E-state index is 2.49. The van der Waals surface area contributed by atoms with Crippen LogP contribution in [-0.4, -0.2) is 0 Å². The number of fused-ring (bicyclic) bond motifs is 1. The summed E-state index contributed by atoms with van der Waals surface area (Å²) in [5.41, 5.74) is 0. The minimum Gasteiger partial charge on any atom is -0.0622 e. The van der Waals surface area contributed by atoms with E-state index < -0.39 is 0 Å². The Labute approximate surface area is 76.7 Å². The van der Waals surface area contributed by atoms with E-state index in [4.69, 9.17) is 0 Å². The van der Waals surface area contributed by atoms with Gasteiger partial charge in [-0.2, -0.15) is 0 Å². The number of rotatable bonds is 0. The van der Waals surface area contributed by atoms with Crippen LogP contribution in [0, 0.1) is 29.6 Å². The van der Waals surface area contributed by atoms with Crippen molar-refractivity contribution in [3.8, 4) is 0 Å². The van der Waals surface area contributed by atoms with Gasteiger partial charge in [-0.25, -0.2) is 0 Å². The molecule has 0 aliphatic heterocycles. The first-order valence-electron chi connectivity index (χ1n) is 5.70. The fraction of sp³-hybridized carbons (Fsp3) is 1.00. The van der Waals surface area contributed by atoms with E-state index in [1.54, 1.807) is 0 Å². The van der Waals surface area contributed by atoms with Crippen LogP contribution >= 0.6 is 0 Å². The molecule has 2 aliphatic rings. The minimum atomic E-state index is 0.997. The number of hydrogen-bond donors (Lipinski definition) is 0. The predicted octanol–water partition coefficient (Wildman–Crippen LogP) is 3.71. The van der Waals surface area contributed by atoms with Crippen molar-refractivity contribution in [1.82, 2.24) is 0 Å². The second kappa shape index (κ2) is 3.05. The molecule has 2 saturated carbocycles. The molecule has 12 heavy (non-hydrogen) atoms. The van der Waals surface area contributed by atoms with Crippen LogP contribution in [0.5, 0.6) is 0 Å². The van der Waals surface area contributed by atoms with E-state index in [-0.39, 0.29) is 0 Å². The highest BCUT2D eigenvalue weighted by atomic mass is 14.5. The smallest absolute Gasteiger partial charge is 0.0355 e. The zero-order valence-electron chi connectivity index (χ0n) is 8.72. The molecule has 5 unspecified atom stereocenters. The largest absolute Gasteiger partial charge is 0.0622 e. The highest BCUT2D eigenvalue weighted by Crippen LogP contribution is 2.49. The molecule has 2 aliphatic carbocycles. The monoisotopic (exact) mass is 166 g/mol. The van der Waals surface area contributed by atoms with Gasteiger partial charge in [-0.15, -0.1) is 0 Å². The molecular formula is C12H22. The van der Waals surface area contributed by atoms with Crippen LogP contribution < -0.4 is 0 Å². The van der Waals surface area contributed by atoms with Gasteiger partial charge in [0.15, 0.2) is 0 Å². The lowest BCUT2D eigenvalue weighted by atomic mass is 9.68. The van der Waals surface area contributed by atoms with Crippen LogP contribution in [0.4, 0.5) is 0 Å². The van der Waals surface area contributed by atoms with E-state index >= 15 is 0 Å². The summed E-state index contributed by atoms with van der Waals surface area (Å²) in [7, 11) is 0. The summed E-state index contributed by atoms with van der Waals surface area (Å²) in [5, 5.41) is 0. The molecule has 70 valence electrons. The predicted molar refractivity (Wildman–Crippen MR) is 52.9 cm³/mol. The first-order chi connectivity index (χ1) is 5.70. The van der Waals surface area contributed by atoms with Crippen LogP contribution in [-0.2, 0) is 0 Å². The van der Waals surface area contributed by atoms with Gasteiger partial charge < -0.3 is 0 Å². The third-order valence-corrected chi connectivity index (χ3v) is 4.76. The lowest BCUT2D eigenvalue weighted by molar-refractivity contribution is 0.119. The molecule has 0 aromatic rings. The lowest BCUT2D eigenvalue weighted by Gasteiger charge is -2.37. The second-order valence-corrected chi connectivity index (χ2v) is 5.30. The minimum absolute atomic E-state index is 0.997. The molecule has 0 aromatic carbocycles. The van der Waals surface area contributed by atoms with Crippen molar-refractivity contribution in [2.24, 2.45) is 29.6 Å². The average molecular weight is 166 g/mol. The van der Waals surface area contributed by atoms with Gasteiger partial charge in [0.25, 0.3) is 0 Å². The summed E-state index contributed by atoms with van der Waals surface area (Å²) >= 11 is 0. The average Bonchev–Trinajstić information content (AvgIpc) is 2.41. The fourth-order valence-electron chi connectivity index (χ4n) is 3.60. The van der Waals surface area contributed by atoms with Crippen molar-refractivity contribution in [3.05, 3.63) is 0 Å². The molecule has 5 atom stereocenters.